The zero-order chi connectivity index (χ0) is 10.8. The molecule has 1 atom stereocenters. The van der Waals surface area contributed by atoms with Crippen LogP contribution >= 0.6 is 11.6 Å². The molecule has 0 bridgehead atoms. The topological polar surface area (TPSA) is 21.3 Å². The summed E-state index contributed by atoms with van der Waals surface area (Å²) in [4.78, 5) is 0. The van der Waals surface area contributed by atoms with Crippen molar-refractivity contribution < 1.29 is 4.74 Å². The summed E-state index contributed by atoms with van der Waals surface area (Å²) >= 11 is 6.02. The zero-order valence-electron chi connectivity index (χ0n) is 9.09. The van der Waals surface area contributed by atoms with Gasteiger partial charge in [0, 0.05) is 16.6 Å². The van der Waals surface area contributed by atoms with Crippen LogP contribution in [0.4, 0.5) is 0 Å². The Morgan fingerprint density at radius 3 is 2.73 bits per heavy atom. The molecule has 1 fully saturated rings. The second kappa shape index (κ2) is 4.42. The predicted octanol–water partition coefficient (Wildman–Crippen LogP) is 3.02. The van der Waals surface area contributed by atoms with Gasteiger partial charge in [0.1, 0.15) is 5.75 Å². The summed E-state index contributed by atoms with van der Waals surface area (Å²) in [6.45, 7) is 0. The molecule has 2 nitrogen and oxygen atoms in total. The van der Waals surface area contributed by atoms with Crippen LogP contribution in [-0.2, 0) is 0 Å². The van der Waals surface area contributed by atoms with E-state index in [1.165, 1.54) is 18.4 Å². The minimum atomic E-state index is 0.374. The third kappa shape index (κ3) is 2.27. The van der Waals surface area contributed by atoms with Crippen molar-refractivity contribution in [3.8, 4) is 5.75 Å². The van der Waals surface area contributed by atoms with Crippen LogP contribution in [0, 0.1) is 5.92 Å². The lowest BCUT2D eigenvalue weighted by Crippen LogP contribution is -2.19. The van der Waals surface area contributed by atoms with Crippen LogP contribution in [0.2, 0.25) is 5.02 Å². The molecule has 1 aromatic carbocycles. The van der Waals surface area contributed by atoms with Crippen molar-refractivity contribution in [2.75, 3.05) is 14.2 Å². The molecule has 0 aromatic heterocycles. The normalized spacial score (nSPS) is 17.5. The Balaban J connectivity index is 2.34. The number of ether oxygens (including phenoxy) is 1. The Hall–Kier alpha value is -0.730. The van der Waals surface area contributed by atoms with Crippen molar-refractivity contribution in [3.05, 3.63) is 28.8 Å². The molecule has 0 saturated heterocycles. The Bertz CT molecular complexity index is 349. The van der Waals surface area contributed by atoms with Crippen LogP contribution in [0.15, 0.2) is 18.2 Å². The Morgan fingerprint density at radius 2 is 2.20 bits per heavy atom. The number of halogens is 1. The van der Waals surface area contributed by atoms with E-state index in [-0.39, 0.29) is 0 Å². The van der Waals surface area contributed by atoms with Gasteiger partial charge < -0.3 is 10.1 Å². The van der Waals surface area contributed by atoms with Crippen LogP contribution in [-0.4, -0.2) is 14.2 Å². The smallest absolute Gasteiger partial charge is 0.123 e. The van der Waals surface area contributed by atoms with Crippen molar-refractivity contribution in [1.82, 2.24) is 5.32 Å². The van der Waals surface area contributed by atoms with E-state index in [0.29, 0.717) is 6.04 Å². The lowest BCUT2D eigenvalue weighted by Gasteiger charge is -2.19. The fourth-order valence-electron chi connectivity index (χ4n) is 2.02. The third-order valence-corrected chi connectivity index (χ3v) is 3.17. The first-order chi connectivity index (χ1) is 7.26. The largest absolute Gasteiger partial charge is 0.496 e. The first kappa shape index (κ1) is 10.8. The van der Waals surface area contributed by atoms with Gasteiger partial charge in [0.2, 0.25) is 0 Å². The maximum atomic E-state index is 6.02. The van der Waals surface area contributed by atoms with Crippen molar-refractivity contribution in [2.24, 2.45) is 5.92 Å². The fourth-order valence-corrected chi connectivity index (χ4v) is 2.20. The van der Waals surface area contributed by atoms with Gasteiger partial charge in [-0.3, -0.25) is 0 Å². The summed E-state index contributed by atoms with van der Waals surface area (Å²) in [6.07, 6.45) is 2.59. The van der Waals surface area contributed by atoms with E-state index >= 15 is 0 Å². The zero-order valence-corrected chi connectivity index (χ0v) is 9.84. The highest BCUT2D eigenvalue weighted by Crippen LogP contribution is 2.43. The molecule has 1 saturated carbocycles. The van der Waals surface area contributed by atoms with E-state index in [2.05, 4.69) is 5.32 Å². The van der Waals surface area contributed by atoms with Crippen LogP contribution < -0.4 is 10.1 Å². The van der Waals surface area contributed by atoms with Gasteiger partial charge in [-0.1, -0.05) is 11.6 Å². The van der Waals surface area contributed by atoms with Crippen molar-refractivity contribution in [3.63, 3.8) is 0 Å². The molecule has 1 aliphatic carbocycles. The molecule has 0 aliphatic heterocycles. The first-order valence-corrected chi connectivity index (χ1v) is 5.64. The average Bonchev–Trinajstić information content (AvgIpc) is 3.04. The Morgan fingerprint density at radius 1 is 1.47 bits per heavy atom. The Labute approximate surface area is 95.6 Å². The van der Waals surface area contributed by atoms with E-state index in [9.17, 15) is 0 Å². The highest BCUT2D eigenvalue weighted by molar-refractivity contribution is 6.30. The van der Waals surface area contributed by atoms with Gasteiger partial charge in [-0.15, -0.1) is 0 Å². The minimum Gasteiger partial charge on any atom is -0.496 e. The number of hydrogen-bond donors (Lipinski definition) is 1. The summed E-state index contributed by atoms with van der Waals surface area (Å²) in [7, 11) is 3.69. The first-order valence-electron chi connectivity index (χ1n) is 5.27. The predicted molar refractivity (Wildman–Crippen MR) is 62.5 cm³/mol. The molecule has 2 rings (SSSR count). The van der Waals surface area contributed by atoms with Crippen molar-refractivity contribution >= 4 is 11.6 Å². The van der Waals surface area contributed by atoms with E-state index in [1.54, 1.807) is 7.11 Å². The Kier molecular flexibility index (Phi) is 3.17. The molecular weight excluding hydrogens is 210 g/mol. The van der Waals surface area contributed by atoms with E-state index in [1.807, 2.05) is 25.2 Å². The van der Waals surface area contributed by atoms with Crippen LogP contribution in [0.25, 0.3) is 0 Å². The van der Waals surface area contributed by atoms with Gasteiger partial charge in [0.15, 0.2) is 0 Å². The summed E-state index contributed by atoms with van der Waals surface area (Å²) in [5, 5.41) is 4.11. The SMILES string of the molecule is CNC(c1cc(Cl)ccc1OC)C1CC1. The highest BCUT2D eigenvalue weighted by atomic mass is 35.5. The van der Waals surface area contributed by atoms with Crippen LogP contribution in [0.1, 0.15) is 24.4 Å². The monoisotopic (exact) mass is 225 g/mol. The van der Waals surface area contributed by atoms with Gasteiger partial charge >= 0.3 is 0 Å². The highest BCUT2D eigenvalue weighted by Gasteiger charge is 2.32. The summed E-state index contributed by atoms with van der Waals surface area (Å²) < 4.78 is 5.36. The van der Waals surface area contributed by atoms with Crippen molar-refractivity contribution in [2.45, 2.75) is 18.9 Å². The van der Waals surface area contributed by atoms with Crippen molar-refractivity contribution in [1.29, 1.82) is 0 Å². The van der Waals surface area contributed by atoms with E-state index in [4.69, 9.17) is 16.3 Å². The molecule has 0 spiro atoms. The summed E-state index contributed by atoms with van der Waals surface area (Å²) in [5.41, 5.74) is 1.18. The maximum absolute atomic E-state index is 6.02. The molecule has 1 aliphatic rings. The number of methoxy groups -OCH3 is 1. The second-order valence-electron chi connectivity index (χ2n) is 3.99. The summed E-state index contributed by atoms with van der Waals surface area (Å²) in [5.74, 6) is 1.66. The number of nitrogens with one attached hydrogen (secondary N) is 1. The fraction of sp³-hybridized carbons (Fsp3) is 0.500. The van der Waals surface area contributed by atoms with Gasteiger partial charge in [-0.2, -0.15) is 0 Å². The maximum Gasteiger partial charge on any atom is 0.123 e. The molecular formula is C12H16ClNO. The average molecular weight is 226 g/mol. The molecule has 0 amide bonds. The lowest BCUT2D eigenvalue weighted by molar-refractivity contribution is 0.396. The molecule has 3 heteroatoms. The quantitative estimate of drug-likeness (QED) is 0.851. The molecule has 0 heterocycles. The third-order valence-electron chi connectivity index (χ3n) is 2.93. The molecule has 0 radical (unpaired) electrons. The number of hydrogen-bond acceptors (Lipinski definition) is 2. The van der Waals surface area contributed by atoms with Crippen LogP contribution in [0.5, 0.6) is 5.75 Å². The molecule has 15 heavy (non-hydrogen) atoms. The van der Waals surface area contributed by atoms with E-state index < -0.39 is 0 Å². The van der Waals surface area contributed by atoms with Crippen LogP contribution in [0.3, 0.4) is 0 Å². The number of rotatable bonds is 4. The minimum absolute atomic E-state index is 0.374. The van der Waals surface area contributed by atoms with Gasteiger partial charge in [-0.25, -0.2) is 0 Å². The molecule has 1 unspecified atom stereocenters. The summed E-state index contributed by atoms with van der Waals surface area (Å²) in [6, 6.07) is 6.17. The number of benzene rings is 1. The van der Waals surface area contributed by atoms with E-state index in [0.717, 1.165) is 16.7 Å². The lowest BCUT2D eigenvalue weighted by atomic mass is 10.0. The molecule has 1 N–H and O–H groups in total. The second-order valence-corrected chi connectivity index (χ2v) is 4.43. The standard InChI is InChI=1S/C12H16ClNO/c1-14-12(8-3-4-8)10-7-9(13)5-6-11(10)15-2/h5-8,12,14H,3-4H2,1-2H3. The molecule has 1 aromatic rings. The molecule has 82 valence electrons. The van der Waals surface area contributed by atoms with Gasteiger partial charge in [0.05, 0.1) is 7.11 Å². The van der Waals surface area contributed by atoms with Gasteiger partial charge in [0.25, 0.3) is 0 Å². The van der Waals surface area contributed by atoms with Gasteiger partial charge in [-0.05, 0) is 44.0 Å².